The molecule has 2 N–H and O–H groups in total. The van der Waals surface area contributed by atoms with Crippen molar-refractivity contribution in [1.82, 2.24) is 5.32 Å². The van der Waals surface area contributed by atoms with Crippen LogP contribution >= 0.6 is 0 Å². The molecule has 3 nitrogen and oxygen atoms in total. The number of aliphatic carboxylic acids is 1. The molecule has 2 unspecified atom stereocenters. The molecule has 0 heterocycles. The maximum Gasteiger partial charge on any atom is 0.303 e. The molecule has 3 heteroatoms. The molecule has 100 valence electrons. The zero-order valence-corrected chi connectivity index (χ0v) is 11.4. The molecular formula is C15H23NO2. The second kappa shape index (κ2) is 7.17. The van der Waals surface area contributed by atoms with Crippen LogP contribution in [0.25, 0.3) is 0 Å². The number of carboxylic acids is 1. The van der Waals surface area contributed by atoms with Gasteiger partial charge in [0.05, 0.1) is 0 Å². The molecule has 0 bridgehead atoms. The van der Waals surface area contributed by atoms with E-state index in [1.165, 1.54) is 5.56 Å². The summed E-state index contributed by atoms with van der Waals surface area (Å²) in [6, 6.07) is 10.8. The van der Waals surface area contributed by atoms with E-state index in [1.807, 2.05) is 25.1 Å². The van der Waals surface area contributed by atoms with E-state index >= 15 is 0 Å². The summed E-state index contributed by atoms with van der Waals surface area (Å²) in [5, 5.41) is 12.2. The molecule has 0 fully saturated rings. The van der Waals surface area contributed by atoms with Crippen molar-refractivity contribution < 1.29 is 9.90 Å². The zero-order chi connectivity index (χ0) is 13.5. The summed E-state index contributed by atoms with van der Waals surface area (Å²) >= 11 is 0. The minimum absolute atomic E-state index is 0.203. The second-order valence-electron chi connectivity index (χ2n) is 5.13. The fraction of sp³-hybridized carbons (Fsp3) is 0.533. The van der Waals surface area contributed by atoms with Gasteiger partial charge >= 0.3 is 5.97 Å². The van der Waals surface area contributed by atoms with Crippen LogP contribution in [0.1, 0.15) is 45.2 Å². The zero-order valence-electron chi connectivity index (χ0n) is 11.4. The van der Waals surface area contributed by atoms with Crippen molar-refractivity contribution in [2.45, 2.75) is 45.7 Å². The lowest BCUT2D eigenvalue weighted by Gasteiger charge is -2.26. The average Bonchev–Trinajstić information content (AvgIpc) is 2.34. The van der Waals surface area contributed by atoms with Crippen LogP contribution in [0.15, 0.2) is 30.3 Å². The Morgan fingerprint density at radius 2 is 1.83 bits per heavy atom. The minimum Gasteiger partial charge on any atom is -0.481 e. The number of rotatable bonds is 7. The normalized spacial score (nSPS) is 14.4. The second-order valence-corrected chi connectivity index (χ2v) is 5.13. The van der Waals surface area contributed by atoms with E-state index in [0.29, 0.717) is 12.3 Å². The van der Waals surface area contributed by atoms with Crippen LogP contribution in [0.2, 0.25) is 0 Å². The first-order valence-electron chi connectivity index (χ1n) is 6.53. The maximum absolute atomic E-state index is 10.6. The summed E-state index contributed by atoms with van der Waals surface area (Å²) < 4.78 is 0. The Bertz CT molecular complexity index is 362. The van der Waals surface area contributed by atoms with Crippen molar-refractivity contribution >= 4 is 5.97 Å². The monoisotopic (exact) mass is 249 g/mol. The largest absolute Gasteiger partial charge is 0.481 e. The Hall–Kier alpha value is -1.35. The van der Waals surface area contributed by atoms with Gasteiger partial charge in [0.15, 0.2) is 0 Å². The Morgan fingerprint density at radius 1 is 1.22 bits per heavy atom. The van der Waals surface area contributed by atoms with Crippen LogP contribution in [0, 0.1) is 5.92 Å². The van der Waals surface area contributed by atoms with Crippen LogP contribution < -0.4 is 5.32 Å². The molecule has 1 aromatic carbocycles. The van der Waals surface area contributed by atoms with Crippen LogP contribution in [0.5, 0.6) is 0 Å². The topological polar surface area (TPSA) is 49.3 Å². The molecule has 0 aromatic heterocycles. The lowest BCUT2D eigenvalue weighted by atomic mass is 9.95. The fourth-order valence-electron chi connectivity index (χ4n) is 2.06. The van der Waals surface area contributed by atoms with Crippen LogP contribution in [-0.2, 0) is 4.79 Å². The van der Waals surface area contributed by atoms with Crippen molar-refractivity contribution in [2.75, 3.05) is 0 Å². The van der Waals surface area contributed by atoms with Crippen LogP contribution in [0.3, 0.4) is 0 Å². The highest BCUT2D eigenvalue weighted by Crippen LogP contribution is 2.22. The van der Waals surface area contributed by atoms with E-state index in [-0.39, 0.29) is 18.5 Å². The van der Waals surface area contributed by atoms with Crippen molar-refractivity contribution in [3.05, 3.63) is 35.9 Å². The standard InChI is InChI=1S/C15H23NO2/c1-11(2)15(13-7-5-4-6-8-13)16-12(3)9-10-14(17)18/h4-8,11-12,15-16H,9-10H2,1-3H3,(H,17,18). The van der Waals surface area contributed by atoms with Crippen LogP contribution in [0.4, 0.5) is 0 Å². The summed E-state index contributed by atoms with van der Waals surface area (Å²) in [5.41, 5.74) is 1.26. The Morgan fingerprint density at radius 3 is 2.33 bits per heavy atom. The lowest BCUT2D eigenvalue weighted by Crippen LogP contribution is -2.33. The Balaban J connectivity index is 2.61. The third-order valence-electron chi connectivity index (χ3n) is 3.08. The summed E-state index contributed by atoms with van der Waals surface area (Å²) in [5.74, 6) is -0.260. The maximum atomic E-state index is 10.6. The quantitative estimate of drug-likeness (QED) is 0.780. The van der Waals surface area contributed by atoms with Crippen molar-refractivity contribution in [2.24, 2.45) is 5.92 Å². The van der Waals surface area contributed by atoms with Gasteiger partial charge in [-0.25, -0.2) is 0 Å². The van der Waals surface area contributed by atoms with Crippen molar-refractivity contribution in [3.8, 4) is 0 Å². The summed E-state index contributed by atoms with van der Waals surface area (Å²) in [6.07, 6.45) is 0.874. The molecular weight excluding hydrogens is 226 g/mol. The molecule has 0 aliphatic rings. The number of benzene rings is 1. The number of nitrogens with one attached hydrogen (secondary N) is 1. The first-order chi connectivity index (χ1) is 8.50. The van der Waals surface area contributed by atoms with Gasteiger partial charge in [-0.2, -0.15) is 0 Å². The van der Waals surface area contributed by atoms with Gasteiger partial charge in [-0.3, -0.25) is 4.79 Å². The van der Waals surface area contributed by atoms with Gasteiger partial charge < -0.3 is 10.4 Å². The average molecular weight is 249 g/mol. The van der Waals surface area contributed by atoms with Crippen LogP contribution in [-0.4, -0.2) is 17.1 Å². The molecule has 0 spiro atoms. The highest BCUT2D eigenvalue weighted by molar-refractivity contribution is 5.66. The molecule has 1 aromatic rings. The number of carbonyl (C=O) groups is 1. The van der Waals surface area contributed by atoms with Gasteiger partial charge in [-0.05, 0) is 24.8 Å². The highest BCUT2D eigenvalue weighted by Gasteiger charge is 2.17. The predicted molar refractivity (Wildman–Crippen MR) is 73.5 cm³/mol. The van der Waals surface area contributed by atoms with E-state index in [0.717, 1.165) is 0 Å². The highest BCUT2D eigenvalue weighted by atomic mass is 16.4. The Labute approximate surface area is 109 Å². The Kier molecular flexibility index (Phi) is 5.86. The summed E-state index contributed by atoms with van der Waals surface area (Å²) in [4.78, 5) is 10.6. The molecule has 18 heavy (non-hydrogen) atoms. The minimum atomic E-state index is -0.732. The van der Waals surface area contributed by atoms with E-state index in [4.69, 9.17) is 5.11 Å². The molecule has 0 radical (unpaired) electrons. The van der Waals surface area contributed by atoms with Gasteiger partial charge in [-0.1, -0.05) is 44.2 Å². The van der Waals surface area contributed by atoms with Gasteiger partial charge in [0.2, 0.25) is 0 Å². The fourth-order valence-corrected chi connectivity index (χ4v) is 2.06. The third kappa shape index (κ3) is 4.88. The van der Waals surface area contributed by atoms with E-state index in [1.54, 1.807) is 0 Å². The smallest absolute Gasteiger partial charge is 0.303 e. The van der Waals surface area contributed by atoms with E-state index in [9.17, 15) is 4.79 Å². The predicted octanol–water partition coefficient (Wildman–Crippen LogP) is 3.23. The lowest BCUT2D eigenvalue weighted by molar-refractivity contribution is -0.137. The molecule has 0 saturated carbocycles. The number of hydrogen-bond donors (Lipinski definition) is 2. The van der Waals surface area contributed by atoms with Crippen molar-refractivity contribution in [1.29, 1.82) is 0 Å². The van der Waals surface area contributed by atoms with E-state index < -0.39 is 5.97 Å². The molecule has 2 atom stereocenters. The van der Waals surface area contributed by atoms with Gasteiger partial charge in [0, 0.05) is 18.5 Å². The SMILES string of the molecule is CC(CCC(=O)O)NC(c1ccccc1)C(C)C. The molecule has 0 aliphatic carbocycles. The molecule has 1 rings (SSSR count). The van der Waals surface area contributed by atoms with Gasteiger partial charge in [-0.15, -0.1) is 0 Å². The van der Waals surface area contributed by atoms with Gasteiger partial charge in [0.1, 0.15) is 0 Å². The number of hydrogen-bond acceptors (Lipinski definition) is 2. The molecule has 0 aliphatic heterocycles. The third-order valence-corrected chi connectivity index (χ3v) is 3.08. The van der Waals surface area contributed by atoms with Gasteiger partial charge in [0.25, 0.3) is 0 Å². The van der Waals surface area contributed by atoms with E-state index in [2.05, 4.69) is 31.3 Å². The summed E-state index contributed by atoms with van der Waals surface area (Å²) in [7, 11) is 0. The first-order valence-corrected chi connectivity index (χ1v) is 6.53. The van der Waals surface area contributed by atoms with Crippen molar-refractivity contribution in [3.63, 3.8) is 0 Å². The number of carboxylic acid groups (broad SMARTS) is 1. The molecule has 0 amide bonds. The first kappa shape index (κ1) is 14.7. The summed E-state index contributed by atoms with van der Waals surface area (Å²) in [6.45, 7) is 6.39. The molecule has 0 saturated heterocycles.